The first-order valence-electron chi connectivity index (χ1n) is 6.77. The molecule has 1 heterocycles. The molecule has 0 spiro atoms. The minimum atomic E-state index is -0.175. The molecule has 18 heavy (non-hydrogen) atoms. The SMILES string of the molecule is CCCCOC(=O)Cn1ccc(C(N)C2CC2)c1. The van der Waals surface area contributed by atoms with Gasteiger partial charge in [-0.15, -0.1) is 0 Å². The Labute approximate surface area is 108 Å². The first kappa shape index (κ1) is 13.1. The zero-order valence-electron chi connectivity index (χ0n) is 11.0. The van der Waals surface area contributed by atoms with Crippen LogP contribution in [0.25, 0.3) is 0 Å². The third kappa shape index (κ3) is 3.60. The number of ether oxygens (including phenoxy) is 1. The molecule has 2 N–H and O–H groups in total. The van der Waals surface area contributed by atoms with Crippen molar-refractivity contribution in [3.63, 3.8) is 0 Å². The summed E-state index contributed by atoms with van der Waals surface area (Å²) in [5, 5.41) is 0. The van der Waals surface area contributed by atoms with Crippen molar-refractivity contribution >= 4 is 5.97 Å². The number of nitrogens with zero attached hydrogens (tertiary/aromatic N) is 1. The zero-order valence-corrected chi connectivity index (χ0v) is 11.0. The van der Waals surface area contributed by atoms with Crippen LogP contribution in [0.15, 0.2) is 18.5 Å². The van der Waals surface area contributed by atoms with Crippen LogP contribution in [0.2, 0.25) is 0 Å². The van der Waals surface area contributed by atoms with Crippen LogP contribution < -0.4 is 5.73 Å². The number of rotatable bonds is 7. The van der Waals surface area contributed by atoms with Gasteiger partial charge in [0.25, 0.3) is 0 Å². The second kappa shape index (κ2) is 6.05. The smallest absolute Gasteiger partial charge is 0.325 e. The van der Waals surface area contributed by atoms with Crippen LogP contribution in [-0.2, 0) is 16.1 Å². The topological polar surface area (TPSA) is 57.2 Å². The van der Waals surface area contributed by atoms with E-state index in [1.807, 2.05) is 23.0 Å². The van der Waals surface area contributed by atoms with Gasteiger partial charge in [0, 0.05) is 18.4 Å². The lowest BCUT2D eigenvalue weighted by Gasteiger charge is -2.07. The molecule has 0 saturated heterocycles. The van der Waals surface area contributed by atoms with Crippen molar-refractivity contribution in [3.8, 4) is 0 Å². The number of nitrogens with two attached hydrogens (primary N) is 1. The van der Waals surface area contributed by atoms with Crippen molar-refractivity contribution in [2.45, 2.75) is 45.2 Å². The molecule has 1 aromatic heterocycles. The third-order valence-electron chi connectivity index (χ3n) is 3.36. The quantitative estimate of drug-likeness (QED) is 0.596. The molecule has 0 radical (unpaired) electrons. The van der Waals surface area contributed by atoms with Gasteiger partial charge in [0.2, 0.25) is 0 Å². The van der Waals surface area contributed by atoms with Crippen LogP contribution in [0, 0.1) is 5.92 Å². The van der Waals surface area contributed by atoms with E-state index in [9.17, 15) is 4.79 Å². The highest BCUT2D eigenvalue weighted by atomic mass is 16.5. The van der Waals surface area contributed by atoms with Gasteiger partial charge in [-0.1, -0.05) is 13.3 Å². The molecule has 4 nitrogen and oxygen atoms in total. The lowest BCUT2D eigenvalue weighted by molar-refractivity contribution is -0.144. The van der Waals surface area contributed by atoms with E-state index in [0.717, 1.165) is 18.4 Å². The van der Waals surface area contributed by atoms with Gasteiger partial charge in [0.1, 0.15) is 6.54 Å². The number of carbonyl (C=O) groups is 1. The van der Waals surface area contributed by atoms with E-state index >= 15 is 0 Å². The van der Waals surface area contributed by atoms with Gasteiger partial charge in [-0.3, -0.25) is 4.79 Å². The molecule has 1 aliphatic rings. The lowest BCUT2D eigenvalue weighted by atomic mass is 10.1. The number of aromatic nitrogens is 1. The highest BCUT2D eigenvalue weighted by Crippen LogP contribution is 2.39. The number of esters is 1. The van der Waals surface area contributed by atoms with E-state index in [2.05, 4.69) is 6.92 Å². The summed E-state index contributed by atoms with van der Waals surface area (Å²) < 4.78 is 6.98. The van der Waals surface area contributed by atoms with E-state index in [1.54, 1.807) is 0 Å². The number of hydrogen-bond acceptors (Lipinski definition) is 3. The van der Waals surface area contributed by atoms with Crippen LogP contribution in [0.3, 0.4) is 0 Å². The normalized spacial score (nSPS) is 16.6. The van der Waals surface area contributed by atoms with Gasteiger partial charge in [0.05, 0.1) is 6.61 Å². The molecule has 4 heteroatoms. The number of hydrogen-bond donors (Lipinski definition) is 1. The first-order chi connectivity index (χ1) is 8.70. The Morgan fingerprint density at radius 1 is 1.61 bits per heavy atom. The molecule has 1 aliphatic carbocycles. The Bertz CT molecular complexity index is 396. The molecular formula is C14H22N2O2. The predicted molar refractivity (Wildman–Crippen MR) is 70.0 cm³/mol. The number of carbonyl (C=O) groups excluding carboxylic acids is 1. The second-order valence-electron chi connectivity index (χ2n) is 5.05. The monoisotopic (exact) mass is 250 g/mol. The maximum absolute atomic E-state index is 11.5. The first-order valence-corrected chi connectivity index (χ1v) is 6.77. The molecule has 0 aliphatic heterocycles. The van der Waals surface area contributed by atoms with Crippen molar-refractivity contribution in [1.29, 1.82) is 0 Å². The van der Waals surface area contributed by atoms with E-state index < -0.39 is 0 Å². The van der Waals surface area contributed by atoms with Crippen molar-refractivity contribution < 1.29 is 9.53 Å². The average Bonchev–Trinajstić information content (AvgIpc) is 3.10. The fourth-order valence-corrected chi connectivity index (χ4v) is 2.01. The van der Waals surface area contributed by atoms with Crippen molar-refractivity contribution in [2.24, 2.45) is 11.7 Å². The van der Waals surface area contributed by atoms with Gasteiger partial charge in [-0.25, -0.2) is 0 Å². The van der Waals surface area contributed by atoms with Gasteiger partial charge in [0.15, 0.2) is 0 Å². The summed E-state index contributed by atoms with van der Waals surface area (Å²) in [5.41, 5.74) is 7.24. The molecule has 100 valence electrons. The Morgan fingerprint density at radius 2 is 2.39 bits per heavy atom. The van der Waals surface area contributed by atoms with Crippen LogP contribution in [0.5, 0.6) is 0 Å². The van der Waals surface area contributed by atoms with Gasteiger partial charge in [-0.05, 0) is 36.8 Å². The zero-order chi connectivity index (χ0) is 13.0. The predicted octanol–water partition coefficient (Wildman–Crippen LogP) is 2.24. The van der Waals surface area contributed by atoms with Gasteiger partial charge < -0.3 is 15.0 Å². The average molecular weight is 250 g/mol. The Kier molecular flexibility index (Phi) is 4.42. The number of unbranched alkanes of at least 4 members (excludes halogenated alkanes) is 1. The van der Waals surface area contributed by atoms with Crippen LogP contribution >= 0.6 is 0 Å². The van der Waals surface area contributed by atoms with E-state index in [0.29, 0.717) is 12.5 Å². The van der Waals surface area contributed by atoms with Gasteiger partial charge in [-0.2, -0.15) is 0 Å². The lowest BCUT2D eigenvalue weighted by Crippen LogP contribution is -2.14. The summed E-state index contributed by atoms with van der Waals surface area (Å²) in [7, 11) is 0. The van der Waals surface area contributed by atoms with Crippen LogP contribution in [0.1, 0.15) is 44.2 Å². The minimum Gasteiger partial charge on any atom is -0.464 e. The Balaban J connectivity index is 1.80. The molecule has 0 aromatic carbocycles. The maximum atomic E-state index is 11.5. The summed E-state index contributed by atoms with van der Waals surface area (Å²) in [6, 6.07) is 2.13. The maximum Gasteiger partial charge on any atom is 0.325 e. The van der Waals surface area contributed by atoms with Crippen molar-refractivity contribution in [2.75, 3.05) is 6.61 Å². The molecule has 0 amide bonds. The highest BCUT2D eigenvalue weighted by molar-refractivity contribution is 5.69. The Hall–Kier alpha value is -1.29. The minimum absolute atomic E-state index is 0.127. The molecule has 1 aromatic rings. The molecule has 0 bridgehead atoms. The largest absolute Gasteiger partial charge is 0.464 e. The highest BCUT2D eigenvalue weighted by Gasteiger charge is 2.29. The summed E-state index contributed by atoms with van der Waals surface area (Å²) in [4.78, 5) is 11.5. The Morgan fingerprint density at radius 3 is 3.06 bits per heavy atom. The molecule has 1 unspecified atom stereocenters. The summed E-state index contributed by atoms with van der Waals surface area (Å²) in [6.45, 7) is 2.87. The van der Waals surface area contributed by atoms with E-state index in [1.165, 1.54) is 12.8 Å². The fraction of sp³-hybridized carbons (Fsp3) is 0.643. The van der Waals surface area contributed by atoms with Crippen LogP contribution in [0.4, 0.5) is 0 Å². The van der Waals surface area contributed by atoms with Crippen LogP contribution in [-0.4, -0.2) is 17.1 Å². The standard InChI is InChI=1S/C14H22N2O2/c1-2-3-8-18-13(17)10-16-7-6-12(9-16)14(15)11-4-5-11/h6-7,9,11,14H,2-5,8,10,15H2,1H3. The van der Waals surface area contributed by atoms with Crippen molar-refractivity contribution in [3.05, 3.63) is 24.0 Å². The third-order valence-corrected chi connectivity index (χ3v) is 3.36. The molecule has 1 fully saturated rings. The fourth-order valence-electron chi connectivity index (χ4n) is 2.01. The summed E-state index contributed by atoms with van der Waals surface area (Å²) in [6.07, 6.45) is 8.28. The second-order valence-corrected chi connectivity index (χ2v) is 5.05. The summed E-state index contributed by atoms with van der Waals surface area (Å²) in [5.74, 6) is 0.461. The van der Waals surface area contributed by atoms with Crippen molar-refractivity contribution in [1.82, 2.24) is 4.57 Å². The molecule has 1 atom stereocenters. The van der Waals surface area contributed by atoms with E-state index in [-0.39, 0.29) is 18.6 Å². The summed E-state index contributed by atoms with van der Waals surface area (Å²) >= 11 is 0. The van der Waals surface area contributed by atoms with Gasteiger partial charge >= 0.3 is 5.97 Å². The molecular weight excluding hydrogens is 228 g/mol. The molecule has 1 saturated carbocycles. The van der Waals surface area contributed by atoms with E-state index in [4.69, 9.17) is 10.5 Å². The molecule has 2 rings (SSSR count).